The van der Waals surface area contributed by atoms with E-state index in [9.17, 15) is 0 Å². The van der Waals surface area contributed by atoms with Crippen molar-refractivity contribution in [2.75, 3.05) is 19.0 Å². The number of benzene rings is 2. The number of hydrogen-bond donors (Lipinski definition) is 1. The Hall–Kier alpha value is -2.00. The third-order valence-corrected chi connectivity index (χ3v) is 4.83. The SMILES string of the molecule is COc1ccc2c(c1)[C@@H]1OCCC[C@H]1[C@H](c1ccccc1)N2. The van der Waals surface area contributed by atoms with Crippen LogP contribution in [0.5, 0.6) is 5.75 Å². The highest BCUT2D eigenvalue weighted by atomic mass is 16.5. The number of methoxy groups -OCH3 is 1. The van der Waals surface area contributed by atoms with Gasteiger partial charge in [0, 0.05) is 23.8 Å². The molecular weight excluding hydrogens is 274 g/mol. The highest BCUT2D eigenvalue weighted by Crippen LogP contribution is 2.49. The molecule has 1 fully saturated rings. The fourth-order valence-electron chi connectivity index (χ4n) is 3.77. The second-order valence-corrected chi connectivity index (χ2v) is 6.08. The normalized spacial score (nSPS) is 26.5. The van der Waals surface area contributed by atoms with Crippen LogP contribution in [0.3, 0.4) is 0 Å². The molecule has 1 saturated heterocycles. The summed E-state index contributed by atoms with van der Waals surface area (Å²) in [4.78, 5) is 0. The zero-order chi connectivity index (χ0) is 14.9. The van der Waals surface area contributed by atoms with Gasteiger partial charge in [0.25, 0.3) is 0 Å². The maximum Gasteiger partial charge on any atom is 0.119 e. The number of nitrogens with one attached hydrogen (secondary N) is 1. The van der Waals surface area contributed by atoms with E-state index in [-0.39, 0.29) is 6.10 Å². The van der Waals surface area contributed by atoms with Gasteiger partial charge in [0.1, 0.15) is 5.75 Å². The predicted octanol–water partition coefficient (Wildman–Crippen LogP) is 4.33. The number of hydrogen-bond acceptors (Lipinski definition) is 3. The lowest BCUT2D eigenvalue weighted by atomic mass is 9.77. The third-order valence-electron chi connectivity index (χ3n) is 4.83. The minimum atomic E-state index is 0.158. The van der Waals surface area contributed by atoms with E-state index in [1.165, 1.54) is 17.5 Å². The minimum absolute atomic E-state index is 0.158. The fourth-order valence-corrected chi connectivity index (χ4v) is 3.77. The van der Waals surface area contributed by atoms with Gasteiger partial charge in [-0.1, -0.05) is 30.3 Å². The zero-order valence-electron chi connectivity index (χ0n) is 12.8. The van der Waals surface area contributed by atoms with Gasteiger partial charge in [0.15, 0.2) is 0 Å². The van der Waals surface area contributed by atoms with Gasteiger partial charge in [-0.2, -0.15) is 0 Å². The molecule has 2 aliphatic rings. The molecule has 2 heterocycles. The van der Waals surface area contributed by atoms with Crippen molar-refractivity contribution >= 4 is 5.69 Å². The van der Waals surface area contributed by atoms with Gasteiger partial charge in [-0.15, -0.1) is 0 Å². The molecule has 2 aliphatic heterocycles. The molecule has 0 bridgehead atoms. The van der Waals surface area contributed by atoms with Crippen molar-refractivity contribution < 1.29 is 9.47 Å². The first kappa shape index (κ1) is 13.6. The molecule has 2 aromatic rings. The Kier molecular flexibility index (Phi) is 3.51. The first-order valence-electron chi connectivity index (χ1n) is 7.98. The van der Waals surface area contributed by atoms with Crippen LogP contribution >= 0.6 is 0 Å². The molecule has 3 heteroatoms. The molecule has 3 atom stereocenters. The summed E-state index contributed by atoms with van der Waals surface area (Å²) in [6, 6.07) is 17.3. The first-order chi connectivity index (χ1) is 10.9. The monoisotopic (exact) mass is 295 g/mol. The van der Waals surface area contributed by atoms with Gasteiger partial charge in [0.05, 0.1) is 19.3 Å². The molecular formula is C19H21NO2. The topological polar surface area (TPSA) is 30.5 Å². The van der Waals surface area contributed by atoms with Crippen molar-refractivity contribution in [2.24, 2.45) is 5.92 Å². The van der Waals surface area contributed by atoms with Crippen molar-refractivity contribution in [1.29, 1.82) is 0 Å². The van der Waals surface area contributed by atoms with Gasteiger partial charge in [-0.25, -0.2) is 0 Å². The summed E-state index contributed by atoms with van der Waals surface area (Å²) in [5.74, 6) is 1.36. The highest BCUT2D eigenvalue weighted by molar-refractivity contribution is 5.59. The van der Waals surface area contributed by atoms with Crippen LogP contribution in [0.25, 0.3) is 0 Å². The van der Waals surface area contributed by atoms with Gasteiger partial charge in [-0.3, -0.25) is 0 Å². The van der Waals surface area contributed by atoms with Gasteiger partial charge < -0.3 is 14.8 Å². The van der Waals surface area contributed by atoms with Crippen molar-refractivity contribution in [3.63, 3.8) is 0 Å². The van der Waals surface area contributed by atoms with Crippen LogP contribution in [-0.2, 0) is 4.74 Å². The Balaban J connectivity index is 1.77. The van der Waals surface area contributed by atoms with E-state index in [2.05, 4.69) is 47.8 Å². The summed E-state index contributed by atoms with van der Waals surface area (Å²) in [7, 11) is 1.71. The summed E-state index contributed by atoms with van der Waals surface area (Å²) in [6.07, 6.45) is 2.48. The molecule has 1 N–H and O–H groups in total. The summed E-state index contributed by atoms with van der Waals surface area (Å²) in [5.41, 5.74) is 3.73. The van der Waals surface area contributed by atoms with Crippen molar-refractivity contribution in [3.05, 3.63) is 59.7 Å². The van der Waals surface area contributed by atoms with Crippen LogP contribution in [-0.4, -0.2) is 13.7 Å². The average molecular weight is 295 g/mol. The van der Waals surface area contributed by atoms with E-state index in [0.717, 1.165) is 24.5 Å². The van der Waals surface area contributed by atoms with E-state index in [1.807, 2.05) is 6.07 Å². The molecule has 0 unspecified atom stereocenters. The zero-order valence-corrected chi connectivity index (χ0v) is 12.8. The van der Waals surface area contributed by atoms with Crippen LogP contribution < -0.4 is 10.1 Å². The van der Waals surface area contributed by atoms with Crippen LogP contribution in [0, 0.1) is 5.92 Å². The number of rotatable bonds is 2. The Morgan fingerprint density at radius 3 is 2.82 bits per heavy atom. The maximum absolute atomic E-state index is 6.16. The summed E-state index contributed by atoms with van der Waals surface area (Å²) in [5, 5.41) is 3.73. The smallest absolute Gasteiger partial charge is 0.119 e. The highest BCUT2D eigenvalue weighted by Gasteiger charge is 2.39. The molecule has 114 valence electrons. The molecule has 22 heavy (non-hydrogen) atoms. The number of fused-ring (bicyclic) bond motifs is 3. The van der Waals surface area contributed by atoms with Gasteiger partial charge in [0.2, 0.25) is 0 Å². The van der Waals surface area contributed by atoms with E-state index in [0.29, 0.717) is 12.0 Å². The second kappa shape index (κ2) is 5.65. The molecule has 0 aromatic heterocycles. The minimum Gasteiger partial charge on any atom is -0.497 e. The first-order valence-corrected chi connectivity index (χ1v) is 7.98. The molecule has 0 saturated carbocycles. The molecule has 4 rings (SSSR count). The molecule has 0 spiro atoms. The maximum atomic E-state index is 6.16. The summed E-state index contributed by atoms with van der Waals surface area (Å²) >= 11 is 0. The molecule has 3 nitrogen and oxygen atoms in total. The van der Waals surface area contributed by atoms with Crippen molar-refractivity contribution in [3.8, 4) is 5.75 Å². The van der Waals surface area contributed by atoms with E-state index in [4.69, 9.17) is 9.47 Å². The Morgan fingerprint density at radius 2 is 2.00 bits per heavy atom. The largest absolute Gasteiger partial charge is 0.497 e. The lowest BCUT2D eigenvalue weighted by Gasteiger charge is -2.43. The Bertz CT molecular complexity index is 656. The van der Waals surface area contributed by atoms with Crippen LogP contribution in [0.1, 0.15) is 36.1 Å². The van der Waals surface area contributed by atoms with Crippen LogP contribution in [0.15, 0.2) is 48.5 Å². The summed E-state index contributed by atoms with van der Waals surface area (Å²) < 4.78 is 11.6. The Morgan fingerprint density at radius 1 is 1.14 bits per heavy atom. The van der Waals surface area contributed by atoms with E-state index in [1.54, 1.807) is 7.11 Å². The van der Waals surface area contributed by atoms with Crippen LogP contribution in [0.2, 0.25) is 0 Å². The number of anilines is 1. The summed E-state index contributed by atoms with van der Waals surface area (Å²) in [6.45, 7) is 0.847. The van der Waals surface area contributed by atoms with Crippen molar-refractivity contribution in [2.45, 2.75) is 25.0 Å². The van der Waals surface area contributed by atoms with Crippen molar-refractivity contribution in [1.82, 2.24) is 0 Å². The third kappa shape index (κ3) is 2.26. The average Bonchev–Trinajstić information content (AvgIpc) is 2.61. The van der Waals surface area contributed by atoms with E-state index < -0.39 is 0 Å². The van der Waals surface area contributed by atoms with Crippen LogP contribution in [0.4, 0.5) is 5.69 Å². The fraction of sp³-hybridized carbons (Fsp3) is 0.368. The quantitative estimate of drug-likeness (QED) is 0.894. The Labute approximate surface area is 131 Å². The predicted molar refractivity (Wildman–Crippen MR) is 87.2 cm³/mol. The molecule has 0 aliphatic carbocycles. The second-order valence-electron chi connectivity index (χ2n) is 6.08. The lowest BCUT2D eigenvalue weighted by molar-refractivity contribution is -0.0382. The molecule has 0 radical (unpaired) electrons. The lowest BCUT2D eigenvalue weighted by Crippen LogP contribution is -2.35. The molecule has 0 amide bonds. The standard InChI is InChI=1S/C19H21NO2/c1-21-14-9-10-17-16(12-14)19-15(8-5-11-22-19)18(20-17)13-6-3-2-4-7-13/h2-4,6-7,9-10,12,15,18-20H,5,8,11H2,1H3/t15-,18-,19+/m0/s1. The number of ether oxygens (including phenoxy) is 2. The van der Waals surface area contributed by atoms with E-state index >= 15 is 0 Å². The van der Waals surface area contributed by atoms with Gasteiger partial charge in [-0.05, 0) is 36.6 Å². The molecule has 2 aromatic carbocycles. The van der Waals surface area contributed by atoms with Gasteiger partial charge >= 0.3 is 0 Å².